The van der Waals surface area contributed by atoms with Crippen molar-refractivity contribution in [3.05, 3.63) is 12.7 Å². The molecular formula is C9H17BrO2. The van der Waals surface area contributed by atoms with Gasteiger partial charge >= 0.3 is 0 Å². The zero-order valence-electron chi connectivity index (χ0n) is 7.43. The number of hydrogen-bond donors (Lipinski definition) is 0. The Labute approximate surface area is 83.1 Å². The third-order valence-electron chi connectivity index (χ3n) is 1.28. The lowest BCUT2D eigenvalue weighted by Gasteiger charge is -2.02. The number of rotatable bonds is 9. The largest absolute Gasteiger partial charge is 0.379 e. The maximum absolute atomic E-state index is 5.30. The lowest BCUT2D eigenvalue weighted by molar-refractivity contribution is 0.0574. The summed E-state index contributed by atoms with van der Waals surface area (Å²) < 4.78 is 10.4. The van der Waals surface area contributed by atoms with Crippen LogP contribution in [0.2, 0.25) is 0 Å². The van der Waals surface area contributed by atoms with Gasteiger partial charge in [0.2, 0.25) is 0 Å². The van der Waals surface area contributed by atoms with Crippen LogP contribution in [0.1, 0.15) is 12.8 Å². The molecule has 0 radical (unpaired) electrons. The van der Waals surface area contributed by atoms with Gasteiger partial charge in [-0.25, -0.2) is 0 Å². The first kappa shape index (κ1) is 12.1. The molecule has 0 aliphatic carbocycles. The number of unbranched alkanes of at least 4 members (excludes halogenated alkanes) is 1. The van der Waals surface area contributed by atoms with Crippen LogP contribution in [-0.4, -0.2) is 31.8 Å². The summed E-state index contributed by atoms with van der Waals surface area (Å²) in [5.74, 6) is 0. The van der Waals surface area contributed by atoms with E-state index in [9.17, 15) is 0 Å². The van der Waals surface area contributed by atoms with E-state index in [2.05, 4.69) is 22.5 Å². The van der Waals surface area contributed by atoms with Gasteiger partial charge in [-0.15, -0.1) is 6.58 Å². The second-order valence-electron chi connectivity index (χ2n) is 2.37. The molecule has 12 heavy (non-hydrogen) atoms. The Hall–Kier alpha value is 0.140. The van der Waals surface area contributed by atoms with Crippen LogP contribution >= 0.6 is 15.9 Å². The predicted octanol–water partition coefficient (Wildman–Crippen LogP) is 2.38. The Morgan fingerprint density at radius 3 is 2.50 bits per heavy atom. The van der Waals surface area contributed by atoms with Gasteiger partial charge in [0.15, 0.2) is 0 Å². The summed E-state index contributed by atoms with van der Waals surface area (Å²) in [6.45, 7) is 6.36. The van der Waals surface area contributed by atoms with E-state index in [0.29, 0.717) is 19.8 Å². The van der Waals surface area contributed by atoms with Gasteiger partial charge < -0.3 is 9.47 Å². The van der Waals surface area contributed by atoms with Crippen molar-refractivity contribution in [3.8, 4) is 0 Å². The first-order valence-electron chi connectivity index (χ1n) is 4.24. The van der Waals surface area contributed by atoms with Gasteiger partial charge in [0.25, 0.3) is 0 Å². The van der Waals surface area contributed by atoms with Crippen molar-refractivity contribution >= 4 is 15.9 Å². The van der Waals surface area contributed by atoms with Crippen LogP contribution in [0.5, 0.6) is 0 Å². The van der Waals surface area contributed by atoms with Crippen LogP contribution in [0, 0.1) is 0 Å². The zero-order chi connectivity index (χ0) is 9.07. The average molecular weight is 237 g/mol. The van der Waals surface area contributed by atoms with E-state index in [1.807, 2.05) is 0 Å². The highest BCUT2D eigenvalue weighted by Gasteiger charge is 1.88. The Morgan fingerprint density at radius 1 is 1.08 bits per heavy atom. The summed E-state index contributed by atoms with van der Waals surface area (Å²) in [7, 11) is 0. The van der Waals surface area contributed by atoms with Crippen LogP contribution in [0.4, 0.5) is 0 Å². The molecule has 0 saturated carbocycles. The van der Waals surface area contributed by atoms with Gasteiger partial charge in [-0.1, -0.05) is 22.0 Å². The normalized spacial score (nSPS) is 10.1. The molecular weight excluding hydrogens is 220 g/mol. The summed E-state index contributed by atoms with van der Waals surface area (Å²) >= 11 is 3.36. The van der Waals surface area contributed by atoms with E-state index in [1.165, 1.54) is 6.42 Å². The maximum atomic E-state index is 5.30. The minimum Gasteiger partial charge on any atom is -0.379 e. The van der Waals surface area contributed by atoms with Gasteiger partial charge in [0, 0.05) is 11.9 Å². The second-order valence-corrected chi connectivity index (χ2v) is 3.17. The fourth-order valence-corrected chi connectivity index (χ4v) is 1.08. The van der Waals surface area contributed by atoms with E-state index >= 15 is 0 Å². The van der Waals surface area contributed by atoms with Crippen LogP contribution in [0.3, 0.4) is 0 Å². The minimum atomic E-state index is 0.616. The molecule has 0 N–H and O–H groups in total. The molecule has 0 bridgehead atoms. The molecule has 3 heteroatoms. The Kier molecular flexibility index (Phi) is 11.3. The molecule has 2 nitrogen and oxygen atoms in total. The molecule has 0 spiro atoms. The molecule has 0 atom stereocenters. The van der Waals surface area contributed by atoms with E-state index in [1.54, 1.807) is 6.08 Å². The van der Waals surface area contributed by atoms with Gasteiger partial charge in [-0.3, -0.25) is 0 Å². The number of halogens is 1. The highest BCUT2D eigenvalue weighted by Crippen LogP contribution is 1.93. The van der Waals surface area contributed by atoms with Crippen molar-refractivity contribution in [2.45, 2.75) is 12.8 Å². The van der Waals surface area contributed by atoms with Gasteiger partial charge in [0.05, 0.1) is 19.8 Å². The number of hydrogen-bond acceptors (Lipinski definition) is 2. The van der Waals surface area contributed by atoms with Crippen LogP contribution in [-0.2, 0) is 9.47 Å². The van der Waals surface area contributed by atoms with Gasteiger partial charge in [-0.05, 0) is 12.8 Å². The highest BCUT2D eigenvalue weighted by atomic mass is 79.9. The number of alkyl halides is 1. The standard InChI is InChI=1S/C9H17BrO2/c1-2-6-11-8-9-12-7-4-3-5-10/h2H,1,3-9H2. The molecule has 0 aromatic rings. The molecule has 0 heterocycles. The van der Waals surface area contributed by atoms with E-state index in [4.69, 9.17) is 9.47 Å². The Bertz CT molecular complexity index is 96.5. The molecule has 0 aromatic heterocycles. The molecule has 0 aromatic carbocycles. The Morgan fingerprint density at radius 2 is 1.83 bits per heavy atom. The predicted molar refractivity (Wildman–Crippen MR) is 54.9 cm³/mol. The maximum Gasteiger partial charge on any atom is 0.0704 e. The minimum absolute atomic E-state index is 0.616. The van der Waals surface area contributed by atoms with Gasteiger partial charge in [0.1, 0.15) is 0 Å². The van der Waals surface area contributed by atoms with Crippen molar-refractivity contribution in [3.63, 3.8) is 0 Å². The van der Waals surface area contributed by atoms with Crippen LogP contribution in [0.25, 0.3) is 0 Å². The molecule has 0 aliphatic heterocycles. The summed E-state index contributed by atoms with van der Waals surface area (Å²) in [6.07, 6.45) is 4.03. The molecule has 72 valence electrons. The number of ether oxygens (including phenoxy) is 2. The monoisotopic (exact) mass is 236 g/mol. The molecule has 0 fully saturated rings. The van der Waals surface area contributed by atoms with Crippen molar-refractivity contribution in [2.75, 3.05) is 31.8 Å². The fourth-order valence-electron chi connectivity index (χ4n) is 0.685. The first-order chi connectivity index (χ1) is 5.91. The molecule has 0 amide bonds. The quantitative estimate of drug-likeness (QED) is 0.348. The lowest BCUT2D eigenvalue weighted by atomic mass is 10.4. The fraction of sp³-hybridized carbons (Fsp3) is 0.778. The lowest BCUT2D eigenvalue weighted by Crippen LogP contribution is -2.05. The third kappa shape index (κ3) is 10.1. The van der Waals surface area contributed by atoms with E-state index in [0.717, 1.165) is 18.4 Å². The molecule has 0 aliphatic rings. The van der Waals surface area contributed by atoms with Crippen molar-refractivity contribution < 1.29 is 9.47 Å². The van der Waals surface area contributed by atoms with Crippen LogP contribution in [0.15, 0.2) is 12.7 Å². The average Bonchev–Trinajstić information content (AvgIpc) is 2.10. The zero-order valence-corrected chi connectivity index (χ0v) is 9.01. The topological polar surface area (TPSA) is 18.5 Å². The van der Waals surface area contributed by atoms with Gasteiger partial charge in [-0.2, -0.15) is 0 Å². The van der Waals surface area contributed by atoms with E-state index < -0.39 is 0 Å². The smallest absolute Gasteiger partial charge is 0.0704 e. The summed E-state index contributed by atoms with van der Waals surface area (Å²) in [5, 5.41) is 1.06. The van der Waals surface area contributed by atoms with Crippen molar-refractivity contribution in [1.82, 2.24) is 0 Å². The first-order valence-corrected chi connectivity index (χ1v) is 5.36. The van der Waals surface area contributed by atoms with Crippen LogP contribution < -0.4 is 0 Å². The van der Waals surface area contributed by atoms with E-state index in [-0.39, 0.29) is 0 Å². The van der Waals surface area contributed by atoms with Crippen molar-refractivity contribution in [1.29, 1.82) is 0 Å². The summed E-state index contributed by atoms with van der Waals surface area (Å²) in [4.78, 5) is 0. The SMILES string of the molecule is C=CCOCCOCCCCBr. The highest BCUT2D eigenvalue weighted by molar-refractivity contribution is 9.09. The molecule has 0 unspecified atom stereocenters. The summed E-state index contributed by atoms with van der Waals surface area (Å²) in [6, 6.07) is 0. The third-order valence-corrected chi connectivity index (χ3v) is 1.84. The van der Waals surface area contributed by atoms with Crippen molar-refractivity contribution in [2.24, 2.45) is 0 Å². The summed E-state index contributed by atoms with van der Waals surface area (Å²) in [5.41, 5.74) is 0. The molecule has 0 saturated heterocycles. The second kappa shape index (κ2) is 11.1. The molecule has 0 rings (SSSR count). The Balaban J connectivity index is 2.77.